The maximum absolute atomic E-state index is 11.8. The molecular weight excluding hydrogens is 236 g/mol. The summed E-state index contributed by atoms with van der Waals surface area (Å²) in [4.78, 5) is 22.6. The predicted octanol–water partition coefficient (Wildman–Crippen LogP) is 0.143. The van der Waals surface area contributed by atoms with Crippen molar-refractivity contribution < 1.29 is 19.8 Å². The molecular formula is C12H16N2O4. The number of hydrogen-bond donors (Lipinski definition) is 4. The van der Waals surface area contributed by atoms with Gasteiger partial charge in [-0.05, 0) is 24.6 Å². The molecule has 0 aromatic heterocycles. The van der Waals surface area contributed by atoms with Crippen LogP contribution in [0.5, 0.6) is 0 Å². The SMILES string of the molecule is Cc1ccc(C(=O)NC(CCO)C(=O)O)cc1N. The molecule has 6 heteroatoms. The average Bonchev–Trinajstić information content (AvgIpc) is 2.31. The Morgan fingerprint density at radius 2 is 2.11 bits per heavy atom. The number of carboxylic acids is 1. The maximum Gasteiger partial charge on any atom is 0.326 e. The van der Waals surface area contributed by atoms with Crippen molar-refractivity contribution >= 4 is 17.6 Å². The van der Waals surface area contributed by atoms with Crippen LogP contribution in [0.15, 0.2) is 18.2 Å². The number of hydrogen-bond acceptors (Lipinski definition) is 4. The number of amides is 1. The van der Waals surface area contributed by atoms with Crippen LogP contribution in [0.3, 0.4) is 0 Å². The number of aliphatic carboxylic acids is 1. The fraction of sp³-hybridized carbons (Fsp3) is 0.333. The Morgan fingerprint density at radius 3 is 2.61 bits per heavy atom. The number of carbonyl (C=O) groups is 2. The Hall–Kier alpha value is -2.08. The fourth-order valence-electron chi connectivity index (χ4n) is 1.41. The summed E-state index contributed by atoms with van der Waals surface area (Å²) < 4.78 is 0. The van der Waals surface area contributed by atoms with E-state index in [9.17, 15) is 9.59 Å². The van der Waals surface area contributed by atoms with Crippen LogP contribution >= 0.6 is 0 Å². The Kier molecular flexibility index (Phi) is 4.67. The summed E-state index contributed by atoms with van der Waals surface area (Å²) in [5.74, 6) is -1.71. The van der Waals surface area contributed by atoms with Crippen molar-refractivity contribution in [1.29, 1.82) is 0 Å². The number of aliphatic hydroxyl groups excluding tert-OH is 1. The van der Waals surface area contributed by atoms with Crippen molar-refractivity contribution in [3.8, 4) is 0 Å². The zero-order valence-electron chi connectivity index (χ0n) is 10.0. The predicted molar refractivity (Wildman–Crippen MR) is 66.2 cm³/mol. The lowest BCUT2D eigenvalue weighted by Crippen LogP contribution is -2.41. The van der Waals surface area contributed by atoms with Crippen LogP contribution in [0.1, 0.15) is 22.3 Å². The summed E-state index contributed by atoms with van der Waals surface area (Å²) in [6.07, 6.45) is -0.0393. The topological polar surface area (TPSA) is 113 Å². The van der Waals surface area contributed by atoms with Gasteiger partial charge in [-0.2, -0.15) is 0 Å². The number of carbonyl (C=O) groups excluding carboxylic acids is 1. The number of nitrogens with two attached hydrogens (primary N) is 1. The van der Waals surface area contributed by atoms with E-state index in [1.807, 2.05) is 6.92 Å². The molecule has 98 valence electrons. The van der Waals surface area contributed by atoms with E-state index in [0.717, 1.165) is 5.56 Å². The number of rotatable bonds is 5. The van der Waals surface area contributed by atoms with Gasteiger partial charge < -0.3 is 21.3 Å². The first-order chi connectivity index (χ1) is 8.45. The van der Waals surface area contributed by atoms with Crippen LogP contribution in [-0.4, -0.2) is 34.7 Å². The van der Waals surface area contributed by atoms with Crippen LogP contribution in [0.4, 0.5) is 5.69 Å². The van der Waals surface area contributed by atoms with Crippen LogP contribution in [0, 0.1) is 6.92 Å². The fourth-order valence-corrected chi connectivity index (χ4v) is 1.41. The molecule has 0 spiro atoms. The number of benzene rings is 1. The minimum Gasteiger partial charge on any atom is -0.480 e. The van der Waals surface area contributed by atoms with Crippen molar-refractivity contribution in [3.05, 3.63) is 29.3 Å². The molecule has 0 saturated carbocycles. The van der Waals surface area contributed by atoms with Gasteiger partial charge in [-0.1, -0.05) is 6.07 Å². The second kappa shape index (κ2) is 6.02. The summed E-state index contributed by atoms with van der Waals surface area (Å²) in [7, 11) is 0. The van der Waals surface area contributed by atoms with Crippen LogP contribution in [-0.2, 0) is 4.79 Å². The van der Waals surface area contributed by atoms with E-state index in [0.29, 0.717) is 11.3 Å². The molecule has 1 aromatic carbocycles. The van der Waals surface area contributed by atoms with Gasteiger partial charge in [0.2, 0.25) is 0 Å². The molecule has 0 aliphatic carbocycles. The molecule has 0 aliphatic heterocycles. The number of aryl methyl sites for hydroxylation is 1. The molecule has 1 amide bonds. The van der Waals surface area contributed by atoms with Gasteiger partial charge in [-0.25, -0.2) is 4.79 Å². The summed E-state index contributed by atoms with van der Waals surface area (Å²) in [6.45, 7) is 1.50. The summed E-state index contributed by atoms with van der Waals surface area (Å²) >= 11 is 0. The number of nitrogen functional groups attached to an aromatic ring is 1. The second-order valence-electron chi connectivity index (χ2n) is 3.95. The van der Waals surface area contributed by atoms with E-state index >= 15 is 0 Å². The van der Waals surface area contributed by atoms with Gasteiger partial charge in [-0.15, -0.1) is 0 Å². The monoisotopic (exact) mass is 252 g/mol. The van der Waals surface area contributed by atoms with Crippen LogP contribution < -0.4 is 11.1 Å². The number of carboxylic acid groups (broad SMARTS) is 1. The lowest BCUT2D eigenvalue weighted by Gasteiger charge is -2.13. The Bertz CT molecular complexity index is 459. The second-order valence-corrected chi connectivity index (χ2v) is 3.95. The molecule has 0 saturated heterocycles. The van der Waals surface area contributed by atoms with E-state index in [4.69, 9.17) is 15.9 Å². The van der Waals surface area contributed by atoms with Gasteiger partial charge in [0.1, 0.15) is 6.04 Å². The number of anilines is 1. The summed E-state index contributed by atoms with van der Waals surface area (Å²) in [5.41, 5.74) is 7.28. The molecule has 1 unspecified atom stereocenters. The van der Waals surface area contributed by atoms with Gasteiger partial charge in [-0.3, -0.25) is 4.79 Å². The first-order valence-electron chi connectivity index (χ1n) is 5.46. The molecule has 0 heterocycles. The van der Waals surface area contributed by atoms with Crippen molar-refractivity contribution in [1.82, 2.24) is 5.32 Å². The molecule has 6 nitrogen and oxygen atoms in total. The molecule has 0 fully saturated rings. The van der Waals surface area contributed by atoms with E-state index in [2.05, 4.69) is 5.32 Å². The van der Waals surface area contributed by atoms with Crippen molar-refractivity contribution in [2.75, 3.05) is 12.3 Å². The minimum atomic E-state index is -1.18. The third-order valence-corrected chi connectivity index (χ3v) is 2.56. The lowest BCUT2D eigenvalue weighted by molar-refractivity contribution is -0.139. The summed E-state index contributed by atoms with van der Waals surface area (Å²) in [6, 6.07) is 3.64. The smallest absolute Gasteiger partial charge is 0.326 e. The standard InChI is InChI=1S/C12H16N2O4/c1-7-2-3-8(6-9(7)13)11(16)14-10(4-5-15)12(17)18/h2-3,6,10,15H,4-5,13H2,1H3,(H,14,16)(H,17,18). The average molecular weight is 252 g/mol. The van der Waals surface area contributed by atoms with E-state index in [1.54, 1.807) is 12.1 Å². The third-order valence-electron chi connectivity index (χ3n) is 2.56. The zero-order valence-corrected chi connectivity index (χ0v) is 10.0. The Morgan fingerprint density at radius 1 is 1.44 bits per heavy atom. The highest BCUT2D eigenvalue weighted by Gasteiger charge is 2.20. The van der Waals surface area contributed by atoms with Crippen LogP contribution in [0.2, 0.25) is 0 Å². The minimum absolute atomic E-state index is 0.0393. The third kappa shape index (κ3) is 3.46. The van der Waals surface area contributed by atoms with E-state index in [1.165, 1.54) is 6.07 Å². The summed E-state index contributed by atoms with van der Waals surface area (Å²) in [5, 5.41) is 19.9. The van der Waals surface area contributed by atoms with Gasteiger partial charge in [0.25, 0.3) is 5.91 Å². The molecule has 0 aliphatic rings. The lowest BCUT2D eigenvalue weighted by atomic mass is 10.1. The van der Waals surface area contributed by atoms with Crippen molar-refractivity contribution in [2.24, 2.45) is 0 Å². The van der Waals surface area contributed by atoms with Crippen LogP contribution in [0.25, 0.3) is 0 Å². The van der Waals surface area contributed by atoms with Gasteiger partial charge in [0.05, 0.1) is 0 Å². The van der Waals surface area contributed by atoms with E-state index < -0.39 is 17.9 Å². The normalized spacial score (nSPS) is 11.9. The Balaban J connectivity index is 2.80. The molecule has 1 atom stereocenters. The molecule has 0 bridgehead atoms. The highest BCUT2D eigenvalue weighted by Crippen LogP contribution is 2.13. The van der Waals surface area contributed by atoms with Crippen molar-refractivity contribution in [2.45, 2.75) is 19.4 Å². The van der Waals surface area contributed by atoms with Gasteiger partial charge >= 0.3 is 5.97 Å². The molecule has 0 radical (unpaired) electrons. The first kappa shape index (κ1) is 14.0. The first-order valence-corrected chi connectivity index (χ1v) is 5.46. The molecule has 5 N–H and O–H groups in total. The molecule has 18 heavy (non-hydrogen) atoms. The number of aliphatic hydroxyl groups is 1. The van der Waals surface area contributed by atoms with E-state index in [-0.39, 0.29) is 13.0 Å². The molecule has 1 aromatic rings. The zero-order chi connectivity index (χ0) is 13.7. The van der Waals surface area contributed by atoms with Crippen molar-refractivity contribution in [3.63, 3.8) is 0 Å². The maximum atomic E-state index is 11.8. The highest BCUT2D eigenvalue weighted by atomic mass is 16.4. The Labute approximate surface area is 104 Å². The number of nitrogens with one attached hydrogen (secondary N) is 1. The largest absolute Gasteiger partial charge is 0.480 e. The highest BCUT2D eigenvalue weighted by molar-refractivity contribution is 5.97. The van der Waals surface area contributed by atoms with Gasteiger partial charge in [0.15, 0.2) is 0 Å². The molecule has 1 rings (SSSR count). The quantitative estimate of drug-likeness (QED) is 0.557. The van der Waals surface area contributed by atoms with Gasteiger partial charge in [0, 0.05) is 24.3 Å².